The van der Waals surface area contributed by atoms with Crippen molar-refractivity contribution in [2.75, 3.05) is 7.11 Å². The summed E-state index contributed by atoms with van der Waals surface area (Å²) in [6.07, 6.45) is 7.13. The third kappa shape index (κ3) is 4.83. The van der Waals surface area contributed by atoms with Crippen LogP contribution in [0.25, 0.3) is 0 Å². The molecule has 1 aliphatic heterocycles. The van der Waals surface area contributed by atoms with Crippen molar-refractivity contribution in [1.82, 2.24) is 0 Å². The van der Waals surface area contributed by atoms with Gasteiger partial charge in [-0.25, -0.2) is 0 Å². The van der Waals surface area contributed by atoms with Gasteiger partial charge >= 0.3 is 5.97 Å². The van der Waals surface area contributed by atoms with Gasteiger partial charge in [-0.1, -0.05) is 26.0 Å². The number of carbonyl (C=O) groups is 1. The summed E-state index contributed by atoms with van der Waals surface area (Å²) in [4.78, 5) is 11.2. The van der Waals surface area contributed by atoms with E-state index in [1.165, 1.54) is 18.3 Å². The molecule has 108 valence electrons. The molecule has 3 atom stereocenters. The smallest absolute Gasteiger partial charge is 0.306 e. The summed E-state index contributed by atoms with van der Waals surface area (Å²) in [7, 11) is 1.43. The van der Waals surface area contributed by atoms with E-state index in [2.05, 4.69) is 37.7 Å². The zero-order valence-corrected chi connectivity index (χ0v) is 12.7. The average Bonchev–Trinajstić information content (AvgIpc) is 2.38. The lowest BCUT2D eigenvalue weighted by molar-refractivity contribution is -0.141. The van der Waals surface area contributed by atoms with Gasteiger partial charge in [0.1, 0.15) is 0 Å². The highest BCUT2D eigenvalue weighted by Gasteiger charge is 2.22. The SMILES string of the molecule is CC[C@H]1O[C@@H](C(C)=C[C@H](C)CC(=O)OC)CC=C1C. The second-order valence-electron chi connectivity index (χ2n) is 5.37. The highest BCUT2D eigenvalue weighted by molar-refractivity contribution is 5.69. The Balaban J connectivity index is 2.62. The van der Waals surface area contributed by atoms with E-state index < -0.39 is 0 Å². The molecule has 0 radical (unpaired) electrons. The Morgan fingerprint density at radius 1 is 1.63 bits per heavy atom. The van der Waals surface area contributed by atoms with Crippen LogP contribution in [-0.2, 0) is 14.3 Å². The molecule has 19 heavy (non-hydrogen) atoms. The normalized spacial score (nSPS) is 25.7. The third-order valence-corrected chi connectivity index (χ3v) is 3.63. The Morgan fingerprint density at radius 2 is 2.32 bits per heavy atom. The summed E-state index contributed by atoms with van der Waals surface area (Å²) in [5.74, 6) is 0.0198. The maximum absolute atomic E-state index is 11.2. The molecular weight excluding hydrogens is 240 g/mol. The fourth-order valence-electron chi connectivity index (χ4n) is 2.46. The number of carbonyl (C=O) groups excluding carboxylic acids is 1. The van der Waals surface area contributed by atoms with E-state index in [0.717, 1.165) is 12.8 Å². The first kappa shape index (κ1) is 16.0. The van der Waals surface area contributed by atoms with E-state index in [1.54, 1.807) is 0 Å². The van der Waals surface area contributed by atoms with Crippen LogP contribution in [0.15, 0.2) is 23.3 Å². The van der Waals surface area contributed by atoms with Crippen LogP contribution >= 0.6 is 0 Å². The van der Waals surface area contributed by atoms with Gasteiger partial charge in [0, 0.05) is 0 Å². The largest absolute Gasteiger partial charge is 0.469 e. The Hall–Kier alpha value is -1.09. The molecule has 0 amide bonds. The van der Waals surface area contributed by atoms with Gasteiger partial charge in [0.2, 0.25) is 0 Å². The molecule has 1 rings (SSSR count). The molecule has 0 aromatic carbocycles. The fraction of sp³-hybridized carbons (Fsp3) is 0.688. The highest BCUT2D eigenvalue weighted by atomic mass is 16.5. The topological polar surface area (TPSA) is 35.5 Å². The van der Waals surface area contributed by atoms with Crippen molar-refractivity contribution in [3.05, 3.63) is 23.3 Å². The molecule has 1 heterocycles. The molecule has 0 saturated carbocycles. The number of allylic oxidation sites excluding steroid dienone is 1. The lowest BCUT2D eigenvalue weighted by Gasteiger charge is -2.30. The van der Waals surface area contributed by atoms with E-state index in [9.17, 15) is 4.79 Å². The first-order chi connectivity index (χ1) is 8.97. The van der Waals surface area contributed by atoms with Crippen molar-refractivity contribution in [1.29, 1.82) is 0 Å². The standard InChI is InChI=1S/C16H26O3/c1-6-14-12(3)7-8-15(19-14)13(4)9-11(2)10-16(17)18-5/h7,9,11,14-15H,6,8,10H2,1-5H3/t11-,14+,15+/m0/s1. The fourth-order valence-corrected chi connectivity index (χ4v) is 2.46. The summed E-state index contributed by atoms with van der Waals surface area (Å²) in [6, 6.07) is 0. The molecule has 0 aromatic rings. The Morgan fingerprint density at radius 3 is 2.89 bits per heavy atom. The van der Waals surface area contributed by atoms with Gasteiger partial charge in [-0.2, -0.15) is 0 Å². The predicted octanol–water partition coefficient (Wildman–Crippen LogP) is 3.65. The van der Waals surface area contributed by atoms with Crippen molar-refractivity contribution in [2.24, 2.45) is 5.92 Å². The van der Waals surface area contributed by atoms with Crippen molar-refractivity contribution in [2.45, 2.75) is 59.2 Å². The van der Waals surface area contributed by atoms with Crippen molar-refractivity contribution < 1.29 is 14.3 Å². The summed E-state index contributed by atoms with van der Waals surface area (Å²) in [6.45, 7) is 8.38. The zero-order chi connectivity index (χ0) is 14.4. The van der Waals surface area contributed by atoms with Crippen LogP contribution in [0.1, 0.15) is 47.0 Å². The Bertz CT molecular complexity index is 368. The maximum atomic E-state index is 11.2. The maximum Gasteiger partial charge on any atom is 0.306 e. The number of esters is 1. The molecule has 0 bridgehead atoms. The van der Waals surface area contributed by atoms with Crippen LogP contribution in [-0.4, -0.2) is 25.3 Å². The molecule has 0 N–H and O–H groups in total. The van der Waals surface area contributed by atoms with Crippen molar-refractivity contribution in [3.63, 3.8) is 0 Å². The molecule has 0 unspecified atom stereocenters. The van der Waals surface area contributed by atoms with Crippen LogP contribution in [0, 0.1) is 5.92 Å². The minimum atomic E-state index is -0.164. The Kier molecular flexibility index (Phi) is 6.29. The van der Waals surface area contributed by atoms with Crippen LogP contribution in [0.2, 0.25) is 0 Å². The first-order valence-corrected chi connectivity index (χ1v) is 7.05. The lowest BCUT2D eigenvalue weighted by Crippen LogP contribution is -2.27. The van der Waals surface area contributed by atoms with Gasteiger partial charge in [0.15, 0.2) is 0 Å². The molecule has 3 heteroatoms. The molecule has 0 aromatic heterocycles. The van der Waals surface area contributed by atoms with Gasteiger partial charge in [0.05, 0.1) is 25.7 Å². The number of ether oxygens (including phenoxy) is 2. The highest BCUT2D eigenvalue weighted by Crippen LogP contribution is 2.26. The average molecular weight is 266 g/mol. The van der Waals surface area contributed by atoms with Crippen LogP contribution in [0.5, 0.6) is 0 Å². The van der Waals surface area contributed by atoms with Crippen molar-refractivity contribution >= 4 is 5.97 Å². The van der Waals surface area contributed by atoms with E-state index >= 15 is 0 Å². The van der Waals surface area contributed by atoms with E-state index in [4.69, 9.17) is 4.74 Å². The van der Waals surface area contributed by atoms with Crippen LogP contribution in [0.4, 0.5) is 0 Å². The molecule has 3 nitrogen and oxygen atoms in total. The van der Waals surface area contributed by atoms with Crippen LogP contribution < -0.4 is 0 Å². The number of methoxy groups -OCH3 is 1. The molecule has 0 saturated heterocycles. The van der Waals surface area contributed by atoms with Gasteiger partial charge < -0.3 is 9.47 Å². The first-order valence-electron chi connectivity index (χ1n) is 7.05. The van der Waals surface area contributed by atoms with E-state index in [-0.39, 0.29) is 24.1 Å². The number of hydrogen-bond donors (Lipinski definition) is 0. The monoisotopic (exact) mass is 266 g/mol. The second-order valence-corrected chi connectivity index (χ2v) is 5.37. The lowest BCUT2D eigenvalue weighted by atomic mass is 9.96. The summed E-state index contributed by atoms with van der Waals surface area (Å²) in [5, 5.41) is 0. The molecule has 1 aliphatic rings. The molecule has 0 aliphatic carbocycles. The summed E-state index contributed by atoms with van der Waals surface area (Å²) < 4.78 is 10.8. The van der Waals surface area contributed by atoms with Gasteiger partial charge in [-0.15, -0.1) is 0 Å². The quantitative estimate of drug-likeness (QED) is 0.563. The zero-order valence-electron chi connectivity index (χ0n) is 12.7. The van der Waals surface area contributed by atoms with Crippen LogP contribution in [0.3, 0.4) is 0 Å². The minimum absolute atomic E-state index is 0.147. The second kappa shape index (κ2) is 7.49. The summed E-state index contributed by atoms with van der Waals surface area (Å²) >= 11 is 0. The van der Waals surface area contributed by atoms with Crippen molar-refractivity contribution in [3.8, 4) is 0 Å². The van der Waals surface area contributed by atoms with E-state index in [1.807, 2.05) is 6.92 Å². The minimum Gasteiger partial charge on any atom is -0.469 e. The van der Waals surface area contributed by atoms with Gasteiger partial charge in [-0.3, -0.25) is 4.79 Å². The number of hydrogen-bond acceptors (Lipinski definition) is 3. The molecule has 0 fully saturated rings. The molecule has 0 spiro atoms. The predicted molar refractivity (Wildman–Crippen MR) is 76.9 cm³/mol. The third-order valence-electron chi connectivity index (χ3n) is 3.63. The molecular formula is C16H26O3. The summed E-state index contributed by atoms with van der Waals surface area (Å²) in [5.41, 5.74) is 2.53. The van der Waals surface area contributed by atoms with Gasteiger partial charge in [0.25, 0.3) is 0 Å². The van der Waals surface area contributed by atoms with Gasteiger partial charge in [-0.05, 0) is 43.8 Å². The number of rotatable bonds is 5. The van der Waals surface area contributed by atoms with E-state index in [0.29, 0.717) is 6.42 Å². The Labute approximate surface area is 116 Å².